The van der Waals surface area contributed by atoms with Gasteiger partial charge in [0.25, 0.3) is 0 Å². The van der Waals surface area contributed by atoms with Crippen LogP contribution in [0.3, 0.4) is 0 Å². The number of carbonyl (C=O) groups is 2. The first-order chi connectivity index (χ1) is 18.6. The molecule has 0 radical (unpaired) electrons. The maximum atomic E-state index is 11.1. The second kappa shape index (κ2) is 12.3. The van der Waals surface area contributed by atoms with Gasteiger partial charge in [0.05, 0.1) is 0 Å². The highest BCUT2D eigenvalue weighted by Gasteiger charge is 2.15. The number of para-hydroxylation sites is 1. The van der Waals surface area contributed by atoms with Crippen molar-refractivity contribution in [3.05, 3.63) is 104 Å². The van der Waals surface area contributed by atoms with Gasteiger partial charge in [0, 0.05) is 25.1 Å². The van der Waals surface area contributed by atoms with E-state index in [2.05, 4.69) is 53.9 Å². The van der Waals surface area contributed by atoms with Gasteiger partial charge in [-0.15, -0.1) is 0 Å². The van der Waals surface area contributed by atoms with E-state index in [0.29, 0.717) is 6.42 Å². The van der Waals surface area contributed by atoms with Gasteiger partial charge in [0.15, 0.2) is 0 Å². The number of fused-ring (bicyclic) bond motifs is 5. The van der Waals surface area contributed by atoms with Crippen LogP contribution in [-0.4, -0.2) is 23.5 Å². The molecule has 0 saturated carbocycles. The number of anilines is 1. The molecule has 5 heteroatoms. The Morgan fingerprint density at radius 1 is 0.897 bits per heavy atom. The Balaban J connectivity index is 0.000000152. The van der Waals surface area contributed by atoms with Crippen LogP contribution >= 0.6 is 0 Å². The maximum absolute atomic E-state index is 11.1. The summed E-state index contributed by atoms with van der Waals surface area (Å²) in [6.07, 6.45) is 12.0. The van der Waals surface area contributed by atoms with E-state index in [1.165, 1.54) is 38.9 Å². The molecular weight excluding hydrogens is 484 g/mol. The zero-order valence-corrected chi connectivity index (χ0v) is 23.3. The molecule has 1 aliphatic heterocycles. The first-order valence-electron chi connectivity index (χ1n) is 13.5. The van der Waals surface area contributed by atoms with E-state index in [0.717, 1.165) is 30.5 Å². The van der Waals surface area contributed by atoms with Gasteiger partial charge in [-0.3, -0.25) is 9.59 Å². The van der Waals surface area contributed by atoms with Crippen molar-refractivity contribution in [3.63, 3.8) is 0 Å². The smallest absolute Gasteiger partial charge is 0.303 e. The lowest BCUT2D eigenvalue weighted by Crippen LogP contribution is -2.31. The third-order valence-electron chi connectivity index (χ3n) is 6.64. The first kappa shape index (κ1) is 28.1. The highest BCUT2D eigenvalue weighted by Crippen LogP contribution is 2.19. The van der Waals surface area contributed by atoms with Crippen LogP contribution in [0.1, 0.15) is 57.2 Å². The van der Waals surface area contributed by atoms with Gasteiger partial charge in [-0.1, -0.05) is 78.9 Å². The summed E-state index contributed by atoms with van der Waals surface area (Å²) in [4.78, 5) is 21.3. The molecule has 3 aromatic carbocycles. The maximum Gasteiger partial charge on any atom is 0.303 e. The van der Waals surface area contributed by atoms with Crippen LogP contribution in [0.25, 0.3) is 18.2 Å². The van der Waals surface area contributed by atoms with E-state index < -0.39 is 0 Å². The molecule has 0 aromatic heterocycles. The predicted molar refractivity (Wildman–Crippen MR) is 159 cm³/mol. The molecule has 0 bridgehead atoms. The van der Waals surface area contributed by atoms with Crippen LogP contribution in [0.2, 0.25) is 0 Å². The van der Waals surface area contributed by atoms with Crippen molar-refractivity contribution in [3.8, 4) is 0 Å². The molecule has 39 heavy (non-hydrogen) atoms. The van der Waals surface area contributed by atoms with Gasteiger partial charge in [0.2, 0.25) is 5.91 Å². The molecule has 1 amide bonds. The molecular formula is C34H38N2O3. The summed E-state index contributed by atoms with van der Waals surface area (Å²) in [5.74, 6) is -0.172. The molecule has 6 rings (SSSR count). The summed E-state index contributed by atoms with van der Waals surface area (Å²) in [6, 6.07) is 21.3. The van der Waals surface area contributed by atoms with E-state index in [1.54, 1.807) is 0 Å². The average Bonchev–Trinajstić information content (AvgIpc) is 3.08. The summed E-state index contributed by atoms with van der Waals surface area (Å²) >= 11 is 0. The van der Waals surface area contributed by atoms with Gasteiger partial charge < -0.3 is 15.8 Å². The Kier molecular flexibility index (Phi) is 8.82. The van der Waals surface area contributed by atoms with Crippen molar-refractivity contribution < 1.29 is 14.3 Å². The number of amides is 1. The van der Waals surface area contributed by atoms with Crippen LogP contribution in [0.5, 0.6) is 0 Å². The lowest BCUT2D eigenvalue weighted by molar-refractivity contribution is -0.151. The fourth-order valence-corrected chi connectivity index (χ4v) is 5.07. The molecule has 3 aromatic rings. The van der Waals surface area contributed by atoms with Crippen LogP contribution in [-0.2, 0) is 27.2 Å². The number of esters is 1. The van der Waals surface area contributed by atoms with E-state index in [9.17, 15) is 9.59 Å². The molecule has 2 aliphatic carbocycles. The monoisotopic (exact) mass is 522 g/mol. The normalized spacial score (nSPS) is 16.3. The molecule has 3 aliphatic rings. The van der Waals surface area contributed by atoms with Crippen molar-refractivity contribution in [2.24, 2.45) is 5.73 Å². The first-order valence-corrected chi connectivity index (χ1v) is 13.5. The number of hydrogen-bond acceptors (Lipinski definition) is 4. The Bertz CT molecular complexity index is 1610. The van der Waals surface area contributed by atoms with E-state index in [-0.39, 0.29) is 23.5 Å². The fraction of sp³-hybridized carbons (Fsp3) is 0.294. The average molecular weight is 523 g/mol. The minimum atomic E-state index is -0.328. The standard InChI is InChI=1S/C18H17N.C10H9NO.C6H12O2/c19-14-8-5-13-7-9-16-15-4-2-1-3-12(15)6-10-17(16)18(13)11-14;12-10-7-3-5-8-4-1-2-6-9(8)11-10;1-5(7)8-6(2,3)4/h1-7,9,14H,8,10-11,19H2;1-6H,7H2,(H,11,12);1-4H3. The van der Waals surface area contributed by atoms with Crippen molar-refractivity contribution in [1.29, 1.82) is 0 Å². The largest absolute Gasteiger partial charge is 0.460 e. The zero-order valence-electron chi connectivity index (χ0n) is 23.3. The Morgan fingerprint density at radius 2 is 1.64 bits per heavy atom. The van der Waals surface area contributed by atoms with Gasteiger partial charge in [-0.25, -0.2) is 0 Å². The second-order valence-corrected chi connectivity index (χ2v) is 11.0. The zero-order chi connectivity index (χ0) is 28.0. The summed E-state index contributed by atoms with van der Waals surface area (Å²) < 4.78 is 4.80. The number of hydrogen-bond donors (Lipinski definition) is 2. The van der Waals surface area contributed by atoms with Crippen LogP contribution < -0.4 is 21.5 Å². The summed E-state index contributed by atoms with van der Waals surface area (Å²) in [5, 5.41) is 8.35. The van der Waals surface area contributed by atoms with Crippen LogP contribution in [0.4, 0.5) is 5.69 Å². The highest BCUT2D eigenvalue weighted by molar-refractivity contribution is 5.96. The van der Waals surface area contributed by atoms with E-state index in [1.807, 2.05) is 57.2 Å². The van der Waals surface area contributed by atoms with E-state index >= 15 is 0 Å². The molecule has 1 heterocycles. The van der Waals surface area contributed by atoms with Crippen molar-refractivity contribution >= 4 is 35.8 Å². The Hall–Kier alpha value is -3.96. The number of carbonyl (C=O) groups excluding carboxylic acids is 2. The highest BCUT2D eigenvalue weighted by atomic mass is 16.6. The molecule has 1 atom stereocenters. The van der Waals surface area contributed by atoms with Crippen molar-refractivity contribution in [2.75, 3.05) is 5.32 Å². The molecule has 202 valence electrons. The Morgan fingerprint density at radius 3 is 2.38 bits per heavy atom. The number of ether oxygens (including phenoxy) is 1. The number of rotatable bonds is 0. The molecule has 0 fully saturated rings. The fourth-order valence-electron chi connectivity index (χ4n) is 5.07. The minimum Gasteiger partial charge on any atom is -0.460 e. The number of nitrogens with two attached hydrogens (primary N) is 1. The Labute approximate surface area is 230 Å². The summed E-state index contributed by atoms with van der Waals surface area (Å²) in [5.41, 5.74) is 10.7. The van der Waals surface area contributed by atoms with Crippen molar-refractivity contribution in [2.45, 2.75) is 65.0 Å². The summed E-state index contributed by atoms with van der Waals surface area (Å²) in [6.45, 7) is 6.93. The molecule has 5 nitrogen and oxygen atoms in total. The third-order valence-corrected chi connectivity index (χ3v) is 6.64. The quantitative estimate of drug-likeness (QED) is 0.418. The molecule has 0 saturated heterocycles. The van der Waals surface area contributed by atoms with Gasteiger partial charge in [-0.05, 0) is 83.7 Å². The third kappa shape index (κ3) is 7.55. The van der Waals surface area contributed by atoms with Gasteiger partial charge in [-0.2, -0.15) is 0 Å². The molecule has 0 spiro atoms. The lowest BCUT2D eigenvalue weighted by Gasteiger charge is -2.20. The predicted octanol–water partition coefficient (Wildman–Crippen LogP) is 4.75. The van der Waals surface area contributed by atoms with Gasteiger partial charge >= 0.3 is 5.97 Å². The van der Waals surface area contributed by atoms with Crippen LogP contribution in [0.15, 0.2) is 66.7 Å². The topological polar surface area (TPSA) is 81.4 Å². The van der Waals surface area contributed by atoms with Gasteiger partial charge in [0.1, 0.15) is 5.60 Å². The lowest BCUT2D eigenvalue weighted by atomic mass is 9.87. The minimum absolute atomic E-state index is 0.0520. The number of benzene rings is 3. The second-order valence-electron chi connectivity index (χ2n) is 11.0. The molecule has 3 N–H and O–H groups in total. The van der Waals surface area contributed by atoms with Crippen molar-refractivity contribution in [1.82, 2.24) is 0 Å². The SMILES string of the molecule is CC(=O)OC(C)(C)C.NC1CC=c2ccc3c(c2C1)CC=c1ccccc1=3.O=C1CC=Cc2ccccc2N1. The summed E-state index contributed by atoms with van der Waals surface area (Å²) in [7, 11) is 0. The van der Waals surface area contributed by atoms with E-state index in [4.69, 9.17) is 10.5 Å². The number of nitrogens with one attached hydrogen (secondary N) is 1. The van der Waals surface area contributed by atoms with Crippen LogP contribution in [0, 0.1) is 10.4 Å². The molecule has 1 unspecified atom stereocenters.